The molecular formula is C26H26N6O9S. The van der Waals surface area contributed by atoms with Crippen molar-refractivity contribution in [1.82, 2.24) is 25.3 Å². The second-order valence-electron chi connectivity index (χ2n) is 9.36. The molecule has 0 aromatic heterocycles. The predicted molar refractivity (Wildman–Crippen MR) is 143 cm³/mol. The van der Waals surface area contributed by atoms with E-state index in [-0.39, 0.29) is 49.6 Å². The molecule has 3 aliphatic heterocycles. The van der Waals surface area contributed by atoms with Gasteiger partial charge in [0.15, 0.2) is 0 Å². The fraction of sp³-hybridized carbons (Fsp3) is 0.385. The van der Waals surface area contributed by atoms with Crippen LogP contribution in [0.4, 0.5) is 9.59 Å². The molecule has 3 heterocycles. The molecule has 4 rings (SSSR count). The summed E-state index contributed by atoms with van der Waals surface area (Å²) in [4.78, 5) is 90.3. The van der Waals surface area contributed by atoms with Gasteiger partial charge in [-0.05, 0) is 5.56 Å². The minimum absolute atomic E-state index is 0.0666. The van der Waals surface area contributed by atoms with Crippen molar-refractivity contribution < 1.29 is 43.4 Å². The van der Waals surface area contributed by atoms with Crippen LogP contribution in [0.15, 0.2) is 41.6 Å². The topological polar surface area (TPSA) is 207 Å². The van der Waals surface area contributed by atoms with Gasteiger partial charge in [-0.3, -0.25) is 29.0 Å². The fourth-order valence-corrected chi connectivity index (χ4v) is 5.95. The van der Waals surface area contributed by atoms with E-state index in [2.05, 4.69) is 10.6 Å². The first-order chi connectivity index (χ1) is 20.0. The molecule has 0 saturated carbocycles. The number of benzene rings is 1. The molecule has 3 atom stereocenters. The minimum Gasteiger partial charge on any atom is -0.477 e. The molecule has 16 heteroatoms. The van der Waals surface area contributed by atoms with E-state index in [0.717, 1.165) is 14.7 Å². The van der Waals surface area contributed by atoms with Gasteiger partial charge in [-0.25, -0.2) is 19.3 Å². The molecule has 15 nitrogen and oxygen atoms in total. The van der Waals surface area contributed by atoms with Crippen molar-refractivity contribution in [3.63, 3.8) is 0 Å². The Balaban J connectivity index is 1.48. The number of nitrogens with zero attached hydrogens (tertiary/aromatic N) is 4. The van der Waals surface area contributed by atoms with E-state index < -0.39 is 59.2 Å². The Morgan fingerprint density at radius 2 is 1.83 bits per heavy atom. The minimum atomic E-state index is -1.38. The van der Waals surface area contributed by atoms with Crippen molar-refractivity contribution in [1.29, 1.82) is 5.26 Å². The molecule has 0 aliphatic carbocycles. The molecule has 0 spiro atoms. The van der Waals surface area contributed by atoms with Crippen LogP contribution in [-0.2, 0) is 28.7 Å². The maximum atomic E-state index is 13.5. The van der Waals surface area contributed by atoms with Gasteiger partial charge in [-0.2, -0.15) is 5.26 Å². The summed E-state index contributed by atoms with van der Waals surface area (Å²) in [5, 5.41) is 22.7. The lowest BCUT2D eigenvalue weighted by atomic mass is 10.0. The van der Waals surface area contributed by atoms with Crippen molar-refractivity contribution in [2.75, 3.05) is 25.4 Å². The Hall–Kier alpha value is -4.91. The Bertz CT molecular complexity index is 1410. The van der Waals surface area contributed by atoms with E-state index in [1.54, 1.807) is 30.3 Å². The normalized spacial score (nSPS) is 20.2. The number of amides is 7. The third-order valence-corrected chi connectivity index (χ3v) is 8.01. The first-order valence-corrected chi connectivity index (χ1v) is 13.8. The van der Waals surface area contributed by atoms with Gasteiger partial charge in [0.2, 0.25) is 11.8 Å². The zero-order valence-electron chi connectivity index (χ0n) is 22.3. The summed E-state index contributed by atoms with van der Waals surface area (Å²) >= 11 is 1.18. The molecule has 1 unspecified atom stereocenters. The van der Waals surface area contributed by atoms with Gasteiger partial charge in [-0.15, -0.1) is 11.8 Å². The van der Waals surface area contributed by atoms with Gasteiger partial charge < -0.3 is 20.5 Å². The number of nitrogens with one attached hydrogen (secondary N) is 2. The van der Waals surface area contributed by atoms with Crippen LogP contribution in [0.3, 0.4) is 0 Å². The number of carboxylic acids is 1. The number of urea groups is 2. The highest BCUT2D eigenvalue weighted by molar-refractivity contribution is 8.00. The molecule has 0 bridgehead atoms. The summed E-state index contributed by atoms with van der Waals surface area (Å²) in [5.41, 5.74) is 0.262. The number of esters is 1. The molecule has 1 aromatic rings. The molecule has 3 N–H and O–H groups in total. The highest BCUT2D eigenvalue weighted by atomic mass is 32.2. The van der Waals surface area contributed by atoms with E-state index in [0.29, 0.717) is 5.56 Å². The Morgan fingerprint density at radius 3 is 2.48 bits per heavy atom. The summed E-state index contributed by atoms with van der Waals surface area (Å²) in [6.45, 7) is 0.689. The molecule has 42 heavy (non-hydrogen) atoms. The third kappa shape index (κ3) is 6.05. The number of β-lactam (4-membered cyclic amide) rings is 1. The van der Waals surface area contributed by atoms with Gasteiger partial charge >= 0.3 is 24.0 Å². The molecule has 2 fully saturated rings. The Morgan fingerprint density at radius 1 is 1.14 bits per heavy atom. The second kappa shape index (κ2) is 12.7. The maximum Gasteiger partial charge on any atom is 0.352 e. The zero-order chi connectivity index (χ0) is 30.6. The lowest BCUT2D eigenvalue weighted by Crippen LogP contribution is -2.71. The number of hydrogen-bond acceptors (Lipinski definition) is 10. The Labute approximate surface area is 243 Å². The van der Waals surface area contributed by atoms with E-state index >= 15 is 0 Å². The number of hydrogen-bond donors (Lipinski definition) is 3. The number of ether oxygens (including phenoxy) is 1. The number of thioether (sulfide) groups is 1. The number of imide groups is 2. The number of aliphatic carboxylic acids is 1. The molecule has 1 aromatic carbocycles. The number of fused-ring (bicyclic) bond motifs is 1. The monoisotopic (exact) mass is 598 g/mol. The summed E-state index contributed by atoms with van der Waals surface area (Å²) in [7, 11) is 0. The summed E-state index contributed by atoms with van der Waals surface area (Å²) in [6.07, 6.45) is -0.263. The third-order valence-electron chi connectivity index (χ3n) is 6.67. The number of nitriles is 1. The molecular weight excluding hydrogens is 572 g/mol. The summed E-state index contributed by atoms with van der Waals surface area (Å²) in [6, 6.07) is 5.59. The van der Waals surface area contributed by atoms with Crippen LogP contribution >= 0.6 is 11.8 Å². The van der Waals surface area contributed by atoms with Crippen LogP contribution in [0.5, 0.6) is 0 Å². The van der Waals surface area contributed by atoms with Gasteiger partial charge in [0, 0.05) is 37.6 Å². The molecule has 3 aliphatic rings. The van der Waals surface area contributed by atoms with Crippen molar-refractivity contribution in [2.24, 2.45) is 0 Å². The van der Waals surface area contributed by atoms with Crippen LogP contribution in [0.2, 0.25) is 0 Å². The van der Waals surface area contributed by atoms with Crippen LogP contribution in [0, 0.1) is 11.3 Å². The van der Waals surface area contributed by atoms with Crippen LogP contribution in [0.1, 0.15) is 31.4 Å². The van der Waals surface area contributed by atoms with Crippen LogP contribution < -0.4 is 10.6 Å². The van der Waals surface area contributed by atoms with Gasteiger partial charge in [0.1, 0.15) is 29.8 Å². The number of carbonyl (C=O) groups is 7. The average Bonchev–Trinajstić information content (AvgIpc) is 3.37. The Kier molecular flexibility index (Phi) is 9.11. The van der Waals surface area contributed by atoms with E-state index in [9.17, 15) is 38.7 Å². The molecule has 2 saturated heterocycles. The number of rotatable bonds is 9. The van der Waals surface area contributed by atoms with Crippen LogP contribution in [0.25, 0.3) is 0 Å². The standard InChI is InChI=1S/C26H26N6O9S/c1-14(33)41-12-16-13-42-23-19(22(36)32(23)20(16)24(37)38)28-21(35)18(15-6-3-2-4-7-15)29-25(39)31-11-10-30(26(31)40)17(34)8-5-9-27/h2-4,6-7,18-19,23H,5,8,10-13H2,1H3,(H,28,35)(H,29,39)(H,37,38)/t18-,19?,23-/m1/s1. The highest BCUT2D eigenvalue weighted by Gasteiger charge is 2.54. The predicted octanol–water partition coefficient (Wildman–Crippen LogP) is 0.307. The highest BCUT2D eigenvalue weighted by Crippen LogP contribution is 2.40. The molecule has 0 radical (unpaired) electrons. The van der Waals surface area contributed by atoms with Gasteiger partial charge in [0.25, 0.3) is 5.91 Å². The lowest BCUT2D eigenvalue weighted by molar-refractivity contribution is -0.151. The van der Waals surface area contributed by atoms with Gasteiger partial charge in [-0.1, -0.05) is 30.3 Å². The van der Waals surface area contributed by atoms with Crippen molar-refractivity contribution in [2.45, 2.75) is 37.2 Å². The summed E-state index contributed by atoms with van der Waals surface area (Å²) < 4.78 is 4.92. The van der Waals surface area contributed by atoms with E-state index in [1.165, 1.54) is 18.7 Å². The number of carboxylic acid groups (broad SMARTS) is 1. The second-order valence-corrected chi connectivity index (χ2v) is 10.5. The first kappa shape index (κ1) is 30.1. The van der Waals surface area contributed by atoms with Crippen molar-refractivity contribution in [3.8, 4) is 6.07 Å². The average molecular weight is 599 g/mol. The van der Waals surface area contributed by atoms with Crippen LogP contribution in [-0.4, -0.2) is 98.4 Å². The number of carbonyl (C=O) groups excluding carboxylic acids is 6. The quantitative estimate of drug-likeness (QED) is 0.260. The van der Waals surface area contributed by atoms with Crippen molar-refractivity contribution >= 4 is 53.5 Å². The van der Waals surface area contributed by atoms with E-state index in [4.69, 9.17) is 10.00 Å². The fourth-order valence-electron chi connectivity index (χ4n) is 4.62. The molecule has 7 amide bonds. The first-order valence-electron chi connectivity index (χ1n) is 12.7. The zero-order valence-corrected chi connectivity index (χ0v) is 23.1. The lowest BCUT2D eigenvalue weighted by Gasteiger charge is -2.49. The summed E-state index contributed by atoms with van der Waals surface area (Å²) in [5.74, 6) is -3.94. The SMILES string of the molecule is CC(=O)OCC1=C(C(=O)O)N2C(=O)C(NC(=O)[C@H](NC(=O)N3CCN(C(=O)CCC#N)C3=O)c3ccccc3)[C@H]2SC1. The largest absolute Gasteiger partial charge is 0.477 e. The smallest absolute Gasteiger partial charge is 0.352 e. The van der Waals surface area contributed by atoms with Gasteiger partial charge in [0.05, 0.1) is 12.6 Å². The van der Waals surface area contributed by atoms with E-state index in [1.807, 2.05) is 6.07 Å². The van der Waals surface area contributed by atoms with Crippen molar-refractivity contribution in [3.05, 3.63) is 47.2 Å². The molecule has 220 valence electrons. The maximum absolute atomic E-state index is 13.5.